The van der Waals surface area contributed by atoms with Crippen molar-refractivity contribution in [2.75, 3.05) is 0 Å². The van der Waals surface area contributed by atoms with Crippen molar-refractivity contribution in [3.63, 3.8) is 0 Å². The van der Waals surface area contributed by atoms with Crippen LogP contribution in [0.1, 0.15) is 53.4 Å². The number of halogens is 2. The first-order chi connectivity index (χ1) is 13.2. The molecule has 0 unspecified atom stereocenters. The monoisotopic (exact) mass is 456 g/mol. The second kappa shape index (κ2) is 9.99. The molecular formula is C19H30F2O6S2. The molecule has 0 amide bonds. The molecule has 0 spiro atoms. The summed E-state index contributed by atoms with van der Waals surface area (Å²) in [6.07, 6.45) is 3.52. The van der Waals surface area contributed by atoms with Gasteiger partial charge in [-0.15, -0.1) is 0 Å². The summed E-state index contributed by atoms with van der Waals surface area (Å²) in [5, 5.41) is 0. The molecule has 0 saturated carbocycles. The molecule has 0 aliphatic carbocycles. The molecule has 0 aliphatic rings. The van der Waals surface area contributed by atoms with Crippen LogP contribution in [0.15, 0.2) is 49.3 Å². The number of hydrogen-bond acceptors (Lipinski definition) is 5. The Bertz CT molecular complexity index is 847. The van der Waals surface area contributed by atoms with E-state index in [0.717, 1.165) is 19.9 Å². The van der Waals surface area contributed by atoms with E-state index >= 15 is 8.78 Å². The van der Waals surface area contributed by atoms with E-state index < -0.39 is 61.3 Å². The van der Waals surface area contributed by atoms with Crippen LogP contribution in [-0.4, -0.2) is 36.8 Å². The first kappa shape index (κ1) is 27.5. The minimum atomic E-state index is -5.33. The van der Waals surface area contributed by atoms with Crippen LogP contribution in [0, 0.1) is 0 Å². The fourth-order valence-corrected chi connectivity index (χ4v) is 6.49. The lowest BCUT2D eigenvalue weighted by Crippen LogP contribution is -2.67. The first-order valence-electron chi connectivity index (χ1n) is 9.14. The predicted octanol–water partition coefficient (Wildman–Crippen LogP) is 4.79. The van der Waals surface area contributed by atoms with Gasteiger partial charge in [0.15, 0.2) is 9.49 Å². The second-order valence-electron chi connectivity index (χ2n) is 6.39. The maximum absolute atomic E-state index is 15.9. The zero-order valence-electron chi connectivity index (χ0n) is 17.2. The Balaban J connectivity index is 6.95. The molecule has 0 atom stereocenters. The Hall–Kier alpha value is -1.52. The summed E-state index contributed by atoms with van der Waals surface area (Å²) in [7, 11) is -10.4. The minimum Gasteiger partial charge on any atom is -0.382 e. The highest BCUT2D eigenvalue weighted by Gasteiger charge is 2.74. The van der Waals surface area contributed by atoms with Crippen molar-refractivity contribution in [1.29, 1.82) is 0 Å². The van der Waals surface area contributed by atoms with Gasteiger partial charge in [0.25, 0.3) is 16.0 Å². The molecule has 0 aliphatic heterocycles. The molecule has 1 N–H and O–H groups in total. The Morgan fingerprint density at radius 1 is 0.931 bits per heavy atom. The Morgan fingerprint density at radius 2 is 1.38 bits per heavy atom. The van der Waals surface area contributed by atoms with Gasteiger partial charge in [-0.2, -0.15) is 16.8 Å². The van der Waals surface area contributed by atoms with E-state index in [4.69, 9.17) is 4.18 Å². The molecule has 0 fully saturated rings. The topological polar surface area (TPSA) is 97.7 Å². The highest BCUT2D eigenvalue weighted by Crippen LogP contribution is 2.53. The molecule has 10 heteroatoms. The average molecular weight is 457 g/mol. The normalized spacial score (nSPS) is 14.8. The van der Waals surface area contributed by atoms with Crippen molar-refractivity contribution < 1.29 is 34.4 Å². The molecule has 0 aromatic carbocycles. The summed E-state index contributed by atoms with van der Waals surface area (Å²) in [5.74, 6) is -4.67. The van der Waals surface area contributed by atoms with Crippen LogP contribution >= 0.6 is 0 Å². The molecule has 0 saturated heterocycles. The van der Waals surface area contributed by atoms with Gasteiger partial charge in [0.05, 0.1) is 0 Å². The Kier molecular flexibility index (Phi) is 9.47. The zero-order chi connectivity index (χ0) is 23.1. The molecule has 6 nitrogen and oxygen atoms in total. The molecule has 0 radical (unpaired) electrons. The fraction of sp³-hybridized carbons (Fsp3) is 0.579. The molecule has 0 aromatic heterocycles. The first-order valence-corrected chi connectivity index (χ1v) is 12.0. The minimum absolute atomic E-state index is 0.299. The van der Waals surface area contributed by atoms with Crippen LogP contribution in [0.4, 0.5) is 8.78 Å². The standard InChI is InChI=1S/C19H30F2O6S2/c1-7-13-15-16(14-8-2)27-29(25,26)18(11-5,12-6)19(20,21)17(9-3,10-4)28(22,23)24/h7-8,13-15H,1-2,9-12H2,3-6H3,(H,22,23,24)/b15-13-,16-14+. The SMILES string of the molecule is C=C/C=C\C(=C/C=C)OS(=O)(=O)C(CC)(CC)C(F)(F)C(CC)(CC)S(=O)(=O)O. The van der Waals surface area contributed by atoms with Crippen LogP contribution in [0.25, 0.3) is 0 Å². The molecule has 0 bridgehead atoms. The summed E-state index contributed by atoms with van der Waals surface area (Å²) in [4.78, 5) is 0. The summed E-state index contributed by atoms with van der Waals surface area (Å²) in [6.45, 7) is 11.6. The molecule has 0 heterocycles. The third-order valence-electron chi connectivity index (χ3n) is 5.29. The molecule has 168 valence electrons. The van der Waals surface area contributed by atoms with Crippen molar-refractivity contribution in [2.24, 2.45) is 0 Å². The van der Waals surface area contributed by atoms with Gasteiger partial charge in [-0.3, -0.25) is 4.55 Å². The smallest absolute Gasteiger partial charge is 0.321 e. The summed E-state index contributed by atoms with van der Waals surface area (Å²) in [5.41, 5.74) is 0. The van der Waals surface area contributed by atoms with Gasteiger partial charge in [0.1, 0.15) is 5.76 Å². The third kappa shape index (κ3) is 4.64. The van der Waals surface area contributed by atoms with Gasteiger partial charge in [0.2, 0.25) is 0 Å². The molecule has 29 heavy (non-hydrogen) atoms. The van der Waals surface area contributed by atoms with E-state index in [1.165, 1.54) is 38.2 Å². The largest absolute Gasteiger partial charge is 0.382 e. The van der Waals surface area contributed by atoms with Gasteiger partial charge >= 0.3 is 10.1 Å². The summed E-state index contributed by atoms with van der Waals surface area (Å²) in [6, 6.07) is 0. The van der Waals surface area contributed by atoms with E-state index in [0.29, 0.717) is 0 Å². The quantitative estimate of drug-likeness (QED) is 0.185. The van der Waals surface area contributed by atoms with Crippen molar-refractivity contribution in [1.82, 2.24) is 0 Å². The van der Waals surface area contributed by atoms with Crippen LogP contribution in [-0.2, 0) is 24.4 Å². The number of alkyl halides is 2. The zero-order valence-corrected chi connectivity index (χ0v) is 18.8. The van der Waals surface area contributed by atoms with Gasteiger partial charge in [-0.05, 0) is 37.8 Å². The highest BCUT2D eigenvalue weighted by molar-refractivity contribution is 7.89. The lowest BCUT2D eigenvalue weighted by molar-refractivity contribution is -0.0911. The van der Waals surface area contributed by atoms with E-state index in [2.05, 4.69) is 13.2 Å². The van der Waals surface area contributed by atoms with Gasteiger partial charge in [0, 0.05) is 0 Å². The van der Waals surface area contributed by atoms with E-state index in [1.807, 2.05) is 0 Å². The summed E-state index contributed by atoms with van der Waals surface area (Å²) < 4.78 is 90.7. The van der Waals surface area contributed by atoms with Gasteiger partial charge < -0.3 is 4.18 Å². The fourth-order valence-electron chi connectivity index (χ4n) is 3.44. The maximum Gasteiger partial charge on any atom is 0.321 e. The number of allylic oxidation sites excluding steroid dienone is 5. The van der Waals surface area contributed by atoms with Crippen LogP contribution < -0.4 is 0 Å². The van der Waals surface area contributed by atoms with Crippen molar-refractivity contribution in [3.05, 3.63) is 49.3 Å². The van der Waals surface area contributed by atoms with Crippen molar-refractivity contribution in [3.8, 4) is 0 Å². The summed E-state index contributed by atoms with van der Waals surface area (Å²) >= 11 is 0. The van der Waals surface area contributed by atoms with E-state index in [9.17, 15) is 21.4 Å². The third-order valence-corrected chi connectivity index (χ3v) is 9.31. The second-order valence-corrected chi connectivity index (χ2v) is 9.98. The predicted molar refractivity (Wildman–Crippen MR) is 111 cm³/mol. The van der Waals surface area contributed by atoms with Crippen molar-refractivity contribution in [2.45, 2.75) is 68.8 Å². The molecule has 0 rings (SSSR count). The van der Waals surface area contributed by atoms with Crippen LogP contribution in [0.2, 0.25) is 0 Å². The van der Waals surface area contributed by atoms with Crippen molar-refractivity contribution >= 4 is 20.2 Å². The lowest BCUT2D eigenvalue weighted by atomic mass is 9.81. The van der Waals surface area contributed by atoms with E-state index in [1.54, 1.807) is 0 Å². The lowest BCUT2D eigenvalue weighted by Gasteiger charge is -2.46. The highest BCUT2D eigenvalue weighted by atomic mass is 32.2. The van der Waals surface area contributed by atoms with Gasteiger partial charge in [-0.25, -0.2) is 8.78 Å². The molecular weight excluding hydrogens is 426 g/mol. The van der Waals surface area contributed by atoms with E-state index in [-0.39, 0.29) is 5.76 Å². The number of rotatable bonds is 13. The Labute approximate surface area is 172 Å². The number of hydrogen-bond donors (Lipinski definition) is 1. The maximum atomic E-state index is 15.9. The Morgan fingerprint density at radius 3 is 1.69 bits per heavy atom. The van der Waals surface area contributed by atoms with Gasteiger partial charge in [-0.1, -0.05) is 59.1 Å². The van der Waals surface area contributed by atoms with Crippen LogP contribution in [0.5, 0.6) is 0 Å². The van der Waals surface area contributed by atoms with Crippen LogP contribution in [0.3, 0.4) is 0 Å². The average Bonchev–Trinajstić information content (AvgIpc) is 2.60. The molecule has 0 aromatic rings.